The van der Waals surface area contributed by atoms with Crippen molar-refractivity contribution in [1.29, 1.82) is 0 Å². The molecule has 34 heavy (non-hydrogen) atoms. The lowest BCUT2D eigenvalue weighted by Crippen LogP contribution is -2.42. The fourth-order valence-electron chi connectivity index (χ4n) is 3.97. The normalized spacial score (nSPS) is 12.1. The van der Waals surface area contributed by atoms with Gasteiger partial charge < -0.3 is 14.8 Å². The molecule has 0 unspecified atom stereocenters. The molecule has 0 spiro atoms. The van der Waals surface area contributed by atoms with Crippen molar-refractivity contribution in [3.8, 4) is 0 Å². The maximum Gasteiger partial charge on any atom is 0.329 e. The molecule has 0 aromatic heterocycles. The van der Waals surface area contributed by atoms with Gasteiger partial charge in [0.05, 0.1) is 7.11 Å². The Morgan fingerprint density at radius 2 is 1.29 bits per heavy atom. The Hall–Kier alpha value is -3.09. The number of rotatable bonds is 12. The van der Waals surface area contributed by atoms with E-state index >= 15 is 0 Å². The molecule has 0 heterocycles. The summed E-state index contributed by atoms with van der Waals surface area (Å²) in [7, 11) is 1.29. The van der Waals surface area contributed by atoms with Crippen molar-refractivity contribution in [3.05, 3.63) is 108 Å². The van der Waals surface area contributed by atoms with Crippen molar-refractivity contribution in [2.24, 2.45) is 0 Å². The summed E-state index contributed by atoms with van der Waals surface area (Å²) >= 11 is 4.11. The molecule has 3 aromatic rings. The van der Waals surface area contributed by atoms with E-state index in [4.69, 9.17) is 4.74 Å². The minimum atomic E-state index is -0.770. The molecular weight excluding hydrogens is 446 g/mol. The van der Waals surface area contributed by atoms with Crippen molar-refractivity contribution < 1.29 is 19.1 Å². The quantitative estimate of drug-likeness (QED) is 0.171. The van der Waals surface area contributed by atoms with Gasteiger partial charge >= 0.3 is 5.97 Å². The SMILES string of the molecule is COC(=O)[C@H](CS)NC(=O)CCCCOC(c1ccccc1)(c1ccccc1)c1ccccc1. The summed E-state index contributed by atoms with van der Waals surface area (Å²) in [6, 6.07) is 29.8. The highest BCUT2D eigenvalue weighted by atomic mass is 32.1. The van der Waals surface area contributed by atoms with Gasteiger partial charge in [-0.3, -0.25) is 4.79 Å². The van der Waals surface area contributed by atoms with E-state index in [1.807, 2.05) is 54.6 Å². The Labute approximate surface area is 206 Å². The van der Waals surface area contributed by atoms with Crippen molar-refractivity contribution in [2.45, 2.75) is 30.9 Å². The number of unbranched alkanes of at least 4 members (excludes halogenated alkanes) is 1. The van der Waals surface area contributed by atoms with Gasteiger partial charge in [0.2, 0.25) is 5.91 Å². The third-order valence-electron chi connectivity index (χ3n) is 5.66. The zero-order valence-electron chi connectivity index (χ0n) is 19.4. The Balaban J connectivity index is 1.74. The second kappa shape index (κ2) is 13.0. The molecule has 0 fully saturated rings. The van der Waals surface area contributed by atoms with Crippen LogP contribution in [0.2, 0.25) is 0 Å². The van der Waals surface area contributed by atoms with E-state index in [0.29, 0.717) is 25.9 Å². The van der Waals surface area contributed by atoms with Gasteiger partial charge in [0.25, 0.3) is 0 Å². The molecule has 1 atom stereocenters. The lowest BCUT2D eigenvalue weighted by atomic mass is 9.80. The van der Waals surface area contributed by atoms with Gasteiger partial charge in [-0.1, -0.05) is 91.0 Å². The number of methoxy groups -OCH3 is 1. The summed E-state index contributed by atoms with van der Waals surface area (Å²) in [5.41, 5.74) is 2.35. The zero-order chi connectivity index (χ0) is 24.2. The number of nitrogens with one attached hydrogen (secondary N) is 1. The van der Waals surface area contributed by atoms with Gasteiger partial charge in [0.15, 0.2) is 0 Å². The lowest BCUT2D eigenvalue weighted by molar-refractivity contribution is -0.144. The number of thiol groups is 1. The maximum atomic E-state index is 12.3. The van der Waals surface area contributed by atoms with Gasteiger partial charge in [-0.25, -0.2) is 4.79 Å². The fraction of sp³-hybridized carbons (Fsp3) is 0.286. The number of amides is 1. The van der Waals surface area contributed by atoms with Gasteiger partial charge in [-0.2, -0.15) is 12.6 Å². The first kappa shape index (κ1) is 25.5. The topological polar surface area (TPSA) is 64.6 Å². The summed E-state index contributed by atoms with van der Waals surface area (Å²) in [5.74, 6) is -0.509. The third kappa shape index (κ3) is 6.27. The number of carbonyl (C=O) groups is 2. The number of hydrogen-bond donors (Lipinski definition) is 2. The van der Waals surface area contributed by atoms with Crippen molar-refractivity contribution >= 4 is 24.5 Å². The van der Waals surface area contributed by atoms with Crippen LogP contribution in [0.1, 0.15) is 36.0 Å². The van der Waals surface area contributed by atoms with Crippen LogP contribution in [0, 0.1) is 0 Å². The summed E-state index contributed by atoms with van der Waals surface area (Å²) in [6.07, 6.45) is 1.60. The predicted molar refractivity (Wildman–Crippen MR) is 137 cm³/mol. The number of benzene rings is 3. The zero-order valence-corrected chi connectivity index (χ0v) is 20.2. The van der Waals surface area contributed by atoms with E-state index in [9.17, 15) is 9.59 Å². The molecule has 0 saturated heterocycles. The minimum Gasteiger partial charge on any atom is -0.467 e. The van der Waals surface area contributed by atoms with E-state index in [1.165, 1.54) is 7.11 Å². The highest BCUT2D eigenvalue weighted by molar-refractivity contribution is 7.80. The van der Waals surface area contributed by atoms with Crippen molar-refractivity contribution in [1.82, 2.24) is 5.32 Å². The highest BCUT2D eigenvalue weighted by Gasteiger charge is 2.37. The van der Waals surface area contributed by atoms with Crippen LogP contribution in [0.4, 0.5) is 0 Å². The van der Waals surface area contributed by atoms with Gasteiger partial charge in [-0.15, -0.1) is 0 Å². The van der Waals surface area contributed by atoms with E-state index in [0.717, 1.165) is 16.7 Å². The summed E-state index contributed by atoms with van der Waals surface area (Å²) < 4.78 is 11.4. The van der Waals surface area contributed by atoms with Crippen LogP contribution in [-0.2, 0) is 24.7 Å². The van der Waals surface area contributed by atoms with Crippen molar-refractivity contribution in [2.75, 3.05) is 19.5 Å². The Morgan fingerprint density at radius 3 is 1.71 bits per heavy atom. The molecule has 5 nitrogen and oxygen atoms in total. The lowest BCUT2D eigenvalue weighted by Gasteiger charge is -2.36. The minimum absolute atomic E-state index is 0.190. The van der Waals surface area contributed by atoms with E-state index in [-0.39, 0.29) is 11.7 Å². The summed E-state index contributed by atoms with van der Waals surface area (Å²) in [4.78, 5) is 23.9. The molecule has 1 N–H and O–H groups in total. The first-order valence-electron chi connectivity index (χ1n) is 11.4. The molecule has 0 bridgehead atoms. The Morgan fingerprint density at radius 1 is 0.824 bits per heavy atom. The third-order valence-corrected chi connectivity index (χ3v) is 6.03. The number of carbonyl (C=O) groups excluding carboxylic acids is 2. The Bertz CT molecular complexity index is 931. The van der Waals surface area contributed by atoms with E-state index in [1.54, 1.807) is 0 Å². The molecule has 6 heteroatoms. The van der Waals surface area contributed by atoms with E-state index in [2.05, 4.69) is 59.1 Å². The maximum absolute atomic E-state index is 12.3. The van der Waals surface area contributed by atoms with E-state index < -0.39 is 17.6 Å². The monoisotopic (exact) mass is 477 g/mol. The van der Waals surface area contributed by atoms with Crippen LogP contribution in [0.15, 0.2) is 91.0 Å². The van der Waals surface area contributed by atoms with Gasteiger partial charge in [0.1, 0.15) is 11.6 Å². The van der Waals surface area contributed by atoms with Crippen LogP contribution in [-0.4, -0.2) is 37.4 Å². The molecule has 178 valence electrons. The van der Waals surface area contributed by atoms with Crippen LogP contribution in [0.5, 0.6) is 0 Å². The summed E-state index contributed by atoms with van der Waals surface area (Å²) in [5, 5.41) is 2.67. The smallest absolute Gasteiger partial charge is 0.329 e. The predicted octanol–water partition coefficient (Wildman–Crippen LogP) is 4.75. The van der Waals surface area contributed by atoms with Crippen LogP contribution in [0.3, 0.4) is 0 Å². The second-order valence-corrected chi connectivity index (χ2v) is 8.28. The first-order valence-corrected chi connectivity index (χ1v) is 12.0. The largest absolute Gasteiger partial charge is 0.467 e. The number of hydrogen-bond acceptors (Lipinski definition) is 5. The highest BCUT2D eigenvalue weighted by Crippen LogP contribution is 2.40. The second-order valence-electron chi connectivity index (χ2n) is 7.91. The van der Waals surface area contributed by atoms with Crippen molar-refractivity contribution in [3.63, 3.8) is 0 Å². The molecule has 0 radical (unpaired) electrons. The average molecular weight is 478 g/mol. The Kier molecular flexibility index (Phi) is 9.74. The van der Waals surface area contributed by atoms with Gasteiger partial charge in [0, 0.05) is 18.8 Å². The molecule has 1 amide bonds. The number of ether oxygens (including phenoxy) is 2. The van der Waals surface area contributed by atoms with Crippen LogP contribution >= 0.6 is 12.6 Å². The number of esters is 1. The summed E-state index contributed by atoms with van der Waals surface area (Å²) in [6.45, 7) is 0.457. The molecule has 3 aromatic carbocycles. The standard InChI is InChI=1S/C28H31NO4S/c1-32-27(31)25(21-34)29-26(30)19-11-12-20-33-28(22-13-5-2-6-14-22,23-15-7-3-8-16-23)24-17-9-4-10-18-24/h2-10,13-18,25,34H,11-12,19-21H2,1H3,(H,29,30)/t25-/m0/s1. The van der Waals surface area contributed by atoms with Gasteiger partial charge in [-0.05, 0) is 29.5 Å². The molecule has 0 aliphatic rings. The molecule has 0 aliphatic heterocycles. The first-order chi connectivity index (χ1) is 16.6. The average Bonchev–Trinajstić information content (AvgIpc) is 2.90. The van der Waals surface area contributed by atoms with Crippen LogP contribution < -0.4 is 5.32 Å². The molecular formula is C28H31NO4S. The molecule has 3 rings (SSSR count). The molecule has 0 saturated carbocycles. The van der Waals surface area contributed by atoms with Crippen LogP contribution in [0.25, 0.3) is 0 Å². The fourth-order valence-corrected chi connectivity index (χ4v) is 4.21. The molecule has 0 aliphatic carbocycles.